The number of aryl methyl sites for hydroxylation is 1. The fourth-order valence-electron chi connectivity index (χ4n) is 2.75. The summed E-state index contributed by atoms with van der Waals surface area (Å²) in [6.07, 6.45) is 2.77. The number of anilines is 1. The van der Waals surface area contributed by atoms with Gasteiger partial charge in [0.15, 0.2) is 0 Å². The van der Waals surface area contributed by atoms with Crippen molar-refractivity contribution >= 4 is 33.4 Å². The Morgan fingerprint density at radius 1 is 1.12 bits per heavy atom. The van der Waals surface area contributed by atoms with E-state index in [1.165, 1.54) is 16.0 Å². The molecule has 12 nitrogen and oxygen atoms in total. The van der Waals surface area contributed by atoms with Crippen molar-refractivity contribution in [3.05, 3.63) is 53.7 Å². The smallest absolute Gasteiger partial charge is 0.328 e. The van der Waals surface area contributed by atoms with E-state index in [1.807, 2.05) is 31.1 Å². The van der Waals surface area contributed by atoms with Gasteiger partial charge in [0.2, 0.25) is 5.03 Å². The highest BCUT2D eigenvalue weighted by molar-refractivity contribution is 7.92. The molecule has 33 heavy (non-hydrogen) atoms. The zero-order chi connectivity index (χ0) is 24.8. The number of para-hydroxylation sites is 1. The topological polar surface area (TPSA) is 155 Å². The zero-order valence-electron chi connectivity index (χ0n) is 18.5. The molecule has 13 heteroatoms. The van der Waals surface area contributed by atoms with Crippen LogP contribution in [0.2, 0.25) is 0 Å². The second-order valence-electron chi connectivity index (χ2n) is 7.10. The summed E-state index contributed by atoms with van der Waals surface area (Å²) in [6.45, 7) is 1.10. The van der Waals surface area contributed by atoms with E-state index in [0.717, 1.165) is 0 Å². The van der Waals surface area contributed by atoms with E-state index in [-0.39, 0.29) is 5.03 Å². The third kappa shape index (κ3) is 6.40. The molecule has 178 valence electrons. The summed E-state index contributed by atoms with van der Waals surface area (Å²) in [5, 5.41) is 24.0. The molecule has 0 amide bonds. The number of fused-ring (bicyclic) bond motifs is 2. The van der Waals surface area contributed by atoms with Crippen molar-refractivity contribution in [3.8, 4) is 0 Å². The van der Waals surface area contributed by atoms with Crippen LogP contribution in [0.5, 0.6) is 0 Å². The van der Waals surface area contributed by atoms with Gasteiger partial charge in [0.1, 0.15) is 12.3 Å². The molecule has 0 bridgehead atoms. The van der Waals surface area contributed by atoms with Gasteiger partial charge in [0.25, 0.3) is 10.0 Å². The maximum Gasteiger partial charge on any atom is 0.328 e. The van der Waals surface area contributed by atoms with Crippen LogP contribution in [0, 0.1) is 0 Å². The lowest BCUT2D eigenvalue weighted by Crippen LogP contribution is -2.27. The fourth-order valence-corrected chi connectivity index (χ4v) is 4.09. The number of hydrogen-bond donors (Lipinski definition) is 2. The summed E-state index contributed by atoms with van der Waals surface area (Å²) in [5.41, 5.74) is 2.12. The molecule has 0 saturated carbocycles. The van der Waals surface area contributed by atoms with Gasteiger partial charge in [-0.2, -0.15) is 13.5 Å². The van der Waals surface area contributed by atoms with E-state index in [9.17, 15) is 18.0 Å². The third-order valence-electron chi connectivity index (χ3n) is 4.31. The van der Waals surface area contributed by atoms with Gasteiger partial charge in [-0.25, -0.2) is 9.59 Å². The molecule has 1 aliphatic rings. The summed E-state index contributed by atoms with van der Waals surface area (Å²) >= 11 is 0. The lowest BCUT2D eigenvalue weighted by molar-refractivity contribution is -0.134. The van der Waals surface area contributed by atoms with Crippen molar-refractivity contribution < 1.29 is 33.1 Å². The molecule has 0 aliphatic carbocycles. The van der Waals surface area contributed by atoms with Gasteiger partial charge >= 0.3 is 11.9 Å². The highest BCUT2D eigenvalue weighted by atomic mass is 32.2. The molecule has 0 atom stereocenters. The predicted octanol–water partition coefficient (Wildman–Crippen LogP) is 0.601. The molecule has 0 radical (unpaired) electrons. The number of aromatic nitrogens is 2. The molecular formula is C20H25N5O7S. The van der Waals surface area contributed by atoms with E-state index >= 15 is 0 Å². The largest absolute Gasteiger partial charge is 0.478 e. The Morgan fingerprint density at radius 3 is 2.30 bits per heavy atom. The molecule has 1 aromatic carbocycles. The van der Waals surface area contributed by atoms with Crippen LogP contribution < -0.4 is 4.31 Å². The first-order valence-corrected chi connectivity index (χ1v) is 11.0. The number of hydrogen-bond acceptors (Lipinski definition) is 8. The van der Waals surface area contributed by atoms with Gasteiger partial charge < -0.3 is 20.0 Å². The summed E-state index contributed by atoms with van der Waals surface area (Å²) in [7, 11) is 3.31. The molecule has 2 aromatic rings. The quantitative estimate of drug-likeness (QED) is 0.344. The van der Waals surface area contributed by atoms with Crippen molar-refractivity contribution in [2.75, 3.05) is 38.6 Å². The van der Waals surface area contributed by atoms with E-state index in [4.69, 9.17) is 15.1 Å². The minimum atomic E-state index is -3.77. The summed E-state index contributed by atoms with van der Waals surface area (Å²) in [6, 6.07) is 7.21. The van der Waals surface area contributed by atoms with Crippen molar-refractivity contribution in [2.45, 2.75) is 5.03 Å². The predicted molar refractivity (Wildman–Crippen MR) is 120 cm³/mol. The second-order valence-corrected chi connectivity index (χ2v) is 8.98. The number of aliphatic carboxylic acids is 2. The highest BCUT2D eigenvalue weighted by Gasteiger charge is 2.36. The Hall–Kier alpha value is -3.71. The number of sulfonamides is 1. The van der Waals surface area contributed by atoms with Crippen molar-refractivity contribution in [1.29, 1.82) is 0 Å². The minimum Gasteiger partial charge on any atom is -0.478 e. The van der Waals surface area contributed by atoms with E-state index in [0.29, 0.717) is 47.8 Å². The van der Waals surface area contributed by atoms with Gasteiger partial charge in [-0.3, -0.25) is 8.99 Å². The molecule has 2 heterocycles. The van der Waals surface area contributed by atoms with Crippen molar-refractivity contribution in [1.82, 2.24) is 14.7 Å². The Balaban J connectivity index is 0.000000414. The highest BCUT2D eigenvalue weighted by Crippen LogP contribution is 2.33. The average Bonchev–Trinajstić information content (AvgIpc) is 3.12. The van der Waals surface area contributed by atoms with Gasteiger partial charge in [-0.15, -0.1) is 0 Å². The monoisotopic (exact) mass is 479 g/mol. The number of oxime groups is 1. The Bertz CT molecular complexity index is 1170. The van der Waals surface area contributed by atoms with Crippen LogP contribution in [-0.2, 0) is 31.5 Å². The first-order valence-electron chi connectivity index (χ1n) is 9.56. The lowest BCUT2D eigenvalue weighted by atomic mass is 10.0. The van der Waals surface area contributed by atoms with Crippen LogP contribution in [0.3, 0.4) is 0 Å². The normalized spacial score (nSPS) is 15.4. The molecule has 1 aliphatic heterocycles. The van der Waals surface area contributed by atoms with Gasteiger partial charge in [0.05, 0.1) is 11.3 Å². The molecule has 0 unspecified atom stereocenters. The van der Waals surface area contributed by atoms with E-state index in [1.54, 1.807) is 25.4 Å². The summed E-state index contributed by atoms with van der Waals surface area (Å²) in [4.78, 5) is 26.6. The maximum absolute atomic E-state index is 12.9. The molecule has 0 saturated heterocycles. The number of carboxylic acid groups (broad SMARTS) is 2. The molecule has 0 spiro atoms. The second kappa shape index (κ2) is 10.7. The lowest BCUT2D eigenvalue weighted by Gasteiger charge is -2.18. The van der Waals surface area contributed by atoms with Crippen LogP contribution in [-0.4, -0.2) is 85.3 Å². The molecule has 3 rings (SSSR count). The third-order valence-corrected chi connectivity index (χ3v) is 6.02. The van der Waals surface area contributed by atoms with E-state index in [2.05, 4.69) is 10.3 Å². The Labute approximate surface area is 191 Å². The minimum absolute atomic E-state index is 0.0244. The number of carbonyl (C=O) groups is 2. The van der Waals surface area contributed by atoms with Crippen LogP contribution in [0.1, 0.15) is 11.1 Å². The number of carboxylic acids is 2. The maximum atomic E-state index is 12.9. The SMILES string of the molecule is CN(C)CCON=C1c2ccccc2N(C)S(=O)(=O)c2nn(C)cc21.O=C(O)/C=C\C(=O)O. The Kier molecular flexibility index (Phi) is 8.32. The molecule has 2 N–H and O–H groups in total. The van der Waals surface area contributed by atoms with Crippen LogP contribution in [0.25, 0.3) is 0 Å². The van der Waals surface area contributed by atoms with Crippen LogP contribution in [0.15, 0.2) is 52.8 Å². The molecule has 1 aromatic heterocycles. The molecule has 0 fully saturated rings. The summed E-state index contributed by atoms with van der Waals surface area (Å²) in [5.74, 6) is -2.51. The molecular weight excluding hydrogens is 454 g/mol. The zero-order valence-corrected chi connectivity index (χ0v) is 19.4. The number of nitrogens with zero attached hydrogens (tertiary/aromatic N) is 5. The van der Waals surface area contributed by atoms with Gasteiger partial charge in [-0.1, -0.05) is 23.4 Å². The number of likely N-dealkylation sites (N-methyl/N-ethyl adjacent to an activating group) is 1. The van der Waals surface area contributed by atoms with Gasteiger partial charge in [-0.05, 0) is 20.2 Å². The summed E-state index contributed by atoms with van der Waals surface area (Å²) < 4.78 is 28.5. The number of benzene rings is 1. The van der Waals surface area contributed by atoms with Crippen molar-refractivity contribution in [3.63, 3.8) is 0 Å². The van der Waals surface area contributed by atoms with Crippen LogP contribution in [0.4, 0.5) is 5.69 Å². The first-order chi connectivity index (χ1) is 15.4. The van der Waals surface area contributed by atoms with Crippen molar-refractivity contribution in [2.24, 2.45) is 12.2 Å². The van der Waals surface area contributed by atoms with Crippen LogP contribution >= 0.6 is 0 Å². The standard InChI is InChI=1S/C16H21N5O3S.C4H4O4/c1-19(2)9-10-24-18-15-12-7-5-6-8-14(12)21(4)25(22,23)16-13(15)11-20(3)17-16;5-3(6)1-2-4(7)8/h5-8,11H,9-10H2,1-4H3;1-2H,(H,5,6)(H,7,8)/b;2-1-. The van der Waals surface area contributed by atoms with Gasteiger partial charge in [0, 0.05) is 44.6 Å². The average molecular weight is 480 g/mol. The first kappa shape index (κ1) is 25.5. The Morgan fingerprint density at radius 2 is 1.73 bits per heavy atom. The van der Waals surface area contributed by atoms with E-state index < -0.39 is 22.0 Å². The fraction of sp³-hybridized carbons (Fsp3) is 0.300. The number of rotatable bonds is 6.